The first-order valence-electron chi connectivity index (χ1n) is 6.81. The highest BCUT2D eigenvalue weighted by atomic mass is 16.5. The van der Waals surface area contributed by atoms with E-state index >= 15 is 0 Å². The van der Waals surface area contributed by atoms with Crippen LogP contribution in [-0.4, -0.2) is 18.5 Å². The summed E-state index contributed by atoms with van der Waals surface area (Å²) in [4.78, 5) is 23.5. The molecule has 108 valence electrons. The molecule has 0 aliphatic heterocycles. The van der Waals surface area contributed by atoms with Gasteiger partial charge in [0.05, 0.1) is 17.2 Å². The Labute approximate surface area is 123 Å². The first-order valence-corrected chi connectivity index (χ1v) is 6.81. The van der Waals surface area contributed by atoms with Crippen LogP contribution in [0.15, 0.2) is 36.4 Å². The van der Waals surface area contributed by atoms with Gasteiger partial charge in [0.2, 0.25) is 0 Å². The van der Waals surface area contributed by atoms with E-state index in [4.69, 9.17) is 10.00 Å². The van der Waals surface area contributed by atoms with Crippen molar-refractivity contribution in [2.45, 2.75) is 19.3 Å². The van der Waals surface area contributed by atoms with Crippen molar-refractivity contribution in [2.75, 3.05) is 11.9 Å². The topological polar surface area (TPSA) is 79.2 Å². The third-order valence-electron chi connectivity index (χ3n) is 3.27. The lowest BCUT2D eigenvalue weighted by molar-refractivity contribution is -0.151. The van der Waals surface area contributed by atoms with Crippen LogP contribution in [0.5, 0.6) is 0 Å². The van der Waals surface area contributed by atoms with Gasteiger partial charge in [-0.05, 0) is 31.4 Å². The number of carbonyl (C=O) groups excluding carboxylic acids is 2. The molecule has 5 heteroatoms. The van der Waals surface area contributed by atoms with Gasteiger partial charge >= 0.3 is 5.97 Å². The van der Waals surface area contributed by atoms with Crippen LogP contribution in [0.1, 0.15) is 24.8 Å². The molecular weight excluding hydrogens is 268 g/mol. The fourth-order valence-corrected chi connectivity index (χ4v) is 2.14. The molecule has 1 atom stereocenters. The first-order chi connectivity index (χ1) is 10.2. The van der Waals surface area contributed by atoms with Crippen molar-refractivity contribution in [2.24, 2.45) is 5.92 Å². The molecule has 0 bridgehead atoms. The zero-order valence-corrected chi connectivity index (χ0v) is 11.5. The van der Waals surface area contributed by atoms with Crippen LogP contribution in [0.4, 0.5) is 5.69 Å². The van der Waals surface area contributed by atoms with Crippen LogP contribution in [-0.2, 0) is 14.3 Å². The Bertz CT molecular complexity index is 602. The summed E-state index contributed by atoms with van der Waals surface area (Å²) in [6, 6.07) is 8.66. The molecule has 0 radical (unpaired) electrons. The van der Waals surface area contributed by atoms with Crippen LogP contribution in [0, 0.1) is 17.2 Å². The quantitative estimate of drug-likeness (QED) is 0.680. The number of amides is 1. The van der Waals surface area contributed by atoms with Crippen molar-refractivity contribution in [3.05, 3.63) is 42.0 Å². The van der Waals surface area contributed by atoms with Crippen LogP contribution in [0.25, 0.3) is 0 Å². The minimum absolute atomic E-state index is 0.158. The van der Waals surface area contributed by atoms with Gasteiger partial charge in [-0.15, -0.1) is 0 Å². The average Bonchev–Trinajstić information content (AvgIpc) is 2.54. The third kappa shape index (κ3) is 4.18. The Balaban J connectivity index is 1.83. The lowest BCUT2D eigenvalue weighted by Crippen LogP contribution is -2.25. The molecule has 1 aromatic carbocycles. The predicted octanol–water partition coefficient (Wildman–Crippen LogP) is 2.40. The van der Waals surface area contributed by atoms with Crippen molar-refractivity contribution in [3.8, 4) is 6.07 Å². The molecule has 21 heavy (non-hydrogen) atoms. The number of hydrogen-bond acceptors (Lipinski definition) is 4. The Morgan fingerprint density at radius 3 is 2.86 bits per heavy atom. The molecule has 1 aliphatic carbocycles. The highest BCUT2D eigenvalue weighted by molar-refractivity contribution is 5.94. The van der Waals surface area contributed by atoms with E-state index in [0.29, 0.717) is 17.7 Å². The maximum atomic E-state index is 11.8. The largest absolute Gasteiger partial charge is 0.455 e. The number of carbonyl (C=O) groups is 2. The maximum absolute atomic E-state index is 11.8. The van der Waals surface area contributed by atoms with Crippen LogP contribution in [0.2, 0.25) is 0 Å². The second-order valence-corrected chi connectivity index (χ2v) is 4.79. The maximum Gasteiger partial charge on any atom is 0.309 e. The Morgan fingerprint density at radius 1 is 1.33 bits per heavy atom. The molecule has 5 nitrogen and oxygen atoms in total. The average molecular weight is 284 g/mol. The van der Waals surface area contributed by atoms with E-state index in [-0.39, 0.29) is 18.5 Å². The number of benzene rings is 1. The van der Waals surface area contributed by atoms with Gasteiger partial charge in [-0.3, -0.25) is 9.59 Å². The summed E-state index contributed by atoms with van der Waals surface area (Å²) < 4.78 is 5.02. The summed E-state index contributed by atoms with van der Waals surface area (Å²) in [5.74, 6) is -0.949. The molecule has 0 saturated carbocycles. The van der Waals surface area contributed by atoms with Crippen LogP contribution >= 0.6 is 0 Å². The van der Waals surface area contributed by atoms with E-state index in [0.717, 1.165) is 12.8 Å². The van der Waals surface area contributed by atoms with Crippen molar-refractivity contribution in [1.29, 1.82) is 5.26 Å². The Kier molecular flexibility index (Phi) is 5.10. The van der Waals surface area contributed by atoms with Crippen molar-refractivity contribution in [1.82, 2.24) is 0 Å². The Hall–Kier alpha value is -2.61. The number of nitrogens with one attached hydrogen (secondary N) is 1. The molecule has 0 fully saturated rings. The van der Waals surface area contributed by atoms with Crippen molar-refractivity contribution < 1.29 is 14.3 Å². The normalized spacial score (nSPS) is 16.8. The van der Waals surface area contributed by atoms with Crippen molar-refractivity contribution >= 4 is 17.6 Å². The summed E-state index contributed by atoms with van der Waals surface area (Å²) in [5, 5.41) is 11.5. The molecule has 0 saturated heterocycles. The number of esters is 1. The summed E-state index contributed by atoms with van der Waals surface area (Å²) in [7, 11) is 0. The molecule has 1 aromatic rings. The molecule has 0 unspecified atom stereocenters. The van der Waals surface area contributed by atoms with Gasteiger partial charge < -0.3 is 10.1 Å². The minimum atomic E-state index is -0.447. The number of nitrogens with zero attached hydrogens (tertiary/aromatic N) is 1. The lowest BCUT2D eigenvalue weighted by atomic mass is 9.95. The number of rotatable bonds is 4. The number of hydrogen-bond donors (Lipinski definition) is 1. The van der Waals surface area contributed by atoms with E-state index in [9.17, 15) is 9.59 Å². The molecule has 1 aliphatic rings. The smallest absolute Gasteiger partial charge is 0.309 e. The molecular formula is C16H16N2O3. The zero-order valence-electron chi connectivity index (χ0n) is 11.5. The Morgan fingerprint density at radius 2 is 2.14 bits per heavy atom. The number of para-hydroxylation sites is 1. The van der Waals surface area contributed by atoms with E-state index in [1.807, 2.05) is 18.2 Å². The number of nitriles is 1. The predicted molar refractivity (Wildman–Crippen MR) is 77.2 cm³/mol. The van der Waals surface area contributed by atoms with Crippen LogP contribution in [0.3, 0.4) is 0 Å². The number of anilines is 1. The van der Waals surface area contributed by atoms with Crippen LogP contribution < -0.4 is 5.32 Å². The molecule has 0 aromatic heterocycles. The number of allylic oxidation sites excluding steroid dienone is 2. The van der Waals surface area contributed by atoms with Gasteiger partial charge in [-0.1, -0.05) is 24.3 Å². The molecule has 1 amide bonds. The number of ether oxygens (including phenoxy) is 1. The highest BCUT2D eigenvalue weighted by Crippen LogP contribution is 2.19. The van der Waals surface area contributed by atoms with Gasteiger partial charge in [0.25, 0.3) is 5.91 Å². The third-order valence-corrected chi connectivity index (χ3v) is 3.27. The van der Waals surface area contributed by atoms with Gasteiger partial charge in [0.15, 0.2) is 6.61 Å². The summed E-state index contributed by atoms with van der Waals surface area (Å²) >= 11 is 0. The molecule has 1 N–H and O–H groups in total. The lowest BCUT2D eigenvalue weighted by Gasteiger charge is -2.16. The highest BCUT2D eigenvalue weighted by Gasteiger charge is 2.21. The first kappa shape index (κ1) is 14.8. The van der Waals surface area contributed by atoms with E-state index in [1.54, 1.807) is 24.3 Å². The minimum Gasteiger partial charge on any atom is -0.455 e. The second-order valence-electron chi connectivity index (χ2n) is 4.79. The van der Waals surface area contributed by atoms with Gasteiger partial charge in [0.1, 0.15) is 6.07 Å². The zero-order chi connectivity index (χ0) is 15.1. The van der Waals surface area contributed by atoms with Gasteiger partial charge in [-0.25, -0.2) is 0 Å². The second kappa shape index (κ2) is 7.25. The standard InChI is InChI=1S/C16H16N2O3/c17-10-13-8-4-5-9-14(13)18-15(19)11-21-16(20)12-6-2-1-3-7-12/h1-2,4-5,8-9,12H,3,6-7,11H2,(H,18,19)/t12-/m1/s1. The van der Waals surface area contributed by atoms with E-state index in [1.165, 1.54) is 0 Å². The van der Waals surface area contributed by atoms with Crippen molar-refractivity contribution in [3.63, 3.8) is 0 Å². The molecule has 2 rings (SSSR count). The van der Waals surface area contributed by atoms with E-state index in [2.05, 4.69) is 5.32 Å². The SMILES string of the molecule is N#Cc1ccccc1NC(=O)COC(=O)[C@@H]1CC=CCC1. The fourth-order valence-electron chi connectivity index (χ4n) is 2.14. The monoisotopic (exact) mass is 284 g/mol. The summed E-state index contributed by atoms with van der Waals surface area (Å²) in [6.07, 6.45) is 6.28. The van der Waals surface area contributed by atoms with E-state index < -0.39 is 5.91 Å². The fraction of sp³-hybridized carbons (Fsp3) is 0.312. The molecule has 0 spiro atoms. The molecule has 0 heterocycles. The summed E-state index contributed by atoms with van der Waals surface area (Å²) in [6.45, 7) is -0.335. The van der Waals surface area contributed by atoms with Gasteiger partial charge in [0, 0.05) is 0 Å². The van der Waals surface area contributed by atoms with Gasteiger partial charge in [-0.2, -0.15) is 5.26 Å². The summed E-state index contributed by atoms with van der Waals surface area (Å²) in [5.41, 5.74) is 0.788.